The maximum Gasteiger partial charge on any atom is 0.244 e. The molecule has 5 nitrogen and oxygen atoms in total. The van der Waals surface area contributed by atoms with Crippen LogP contribution in [0.15, 0.2) is 59.5 Å². The van der Waals surface area contributed by atoms with Crippen molar-refractivity contribution in [2.45, 2.75) is 30.6 Å². The third-order valence-electron chi connectivity index (χ3n) is 5.08. The van der Waals surface area contributed by atoms with Gasteiger partial charge in [-0.05, 0) is 24.1 Å². The zero-order chi connectivity index (χ0) is 20.1. The normalized spacial score (nSPS) is 16.7. The first kappa shape index (κ1) is 20.8. The van der Waals surface area contributed by atoms with Crippen LogP contribution in [0, 0.1) is 0 Å². The van der Waals surface area contributed by atoms with Crippen molar-refractivity contribution in [3.63, 3.8) is 0 Å². The lowest BCUT2D eigenvalue weighted by atomic mass is 9.93. The second-order valence-electron chi connectivity index (χ2n) is 6.91. The molecule has 7 heteroatoms. The SMILES string of the molecule is CCCC(C(=O)N1CCN(S(=O)(=O)c2ccccc2Cl)CC1)c1ccccc1. The van der Waals surface area contributed by atoms with Gasteiger partial charge in [0.1, 0.15) is 4.90 Å². The molecule has 2 aromatic carbocycles. The average molecular weight is 421 g/mol. The number of sulfonamides is 1. The van der Waals surface area contributed by atoms with Gasteiger partial charge in [-0.3, -0.25) is 4.79 Å². The zero-order valence-electron chi connectivity index (χ0n) is 15.9. The van der Waals surface area contributed by atoms with Crippen LogP contribution in [0.2, 0.25) is 5.02 Å². The smallest absolute Gasteiger partial charge is 0.244 e. The first-order chi connectivity index (χ1) is 13.4. The Labute approximate surface area is 172 Å². The maximum absolute atomic E-state index is 13.1. The topological polar surface area (TPSA) is 57.7 Å². The van der Waals surface area contributed by atoms with Crippen LogP contribution in [-0.2, 0) is 14.8 Å². The molecular weight excluding hydrogens is 396 g/mol. The summed E-state index contributed by atoms with van der Waals surface area (Å²) in [6, 6.07) is 16.2. The standard InChI is InChI=1S/C21H25ClN2O3S/c1-2-8-18(17-9-4-3-5-10-17)21(25)23-13-15-24(16-14-23)28(26,27)20-12-7-6-11-19(20)22/h3-7,9-12,18H,2,8,13-16H2,1H3. The van der Waals surface area contributed by atoms with Crippen molar-refractivity contribution < 1.29 is 13.2 Å². The number of amides is 1. The molecule has 0 radical (unpaired) electrons. The molecule has 0 bridgehead atoms. The van der Waals surface area contributed by atoms with Crippen molar-refractivity contribution in [2.24, 2.45) is 0 Å². The molecule has 150 valence electrons. The van der Waals surface area contributed by atoms with E-state index < -0.39 is 10.0 Å². The van der Waals surface area contributed by atoms with Gasteiger partial charge in [0, 0.05) is 26.2 Å². The van der Waals surface area contributed by atoms with Gasteiger partial charge in [-0.2, -0.15) is 4.31 Å². The summed E-state index contributed by atoms with van der Waals surface area (Å²) in [6.45, 7) is 3.38. The van der Waals surface area contributed by atoms with Crippen LogP contribution < -0.4 is 0 Å². The average Bonchev–Trinajstić information content (AvgIpc) is 2.72. The highest BCUT2D eigenvalue weighted by Crippen LogP contribution is 2.27. The third-order valence-corrected chi connectivity index (χ3v) is 7.48. The minimum atomic E-state index is -3.66. The monoisotopic (exact) mass is 420 g/mol. The number of carbonyl (C=O) groups excluding carboxylic acids is 1. The van der Waals surface area contributed by atoms with Crippen LogP contribution in [0.25, 0.3) is 0 Å². The highest BCUT2D eigenvalue weighted by molar-refractivity contribution is 7.89. The Balaban J connectivity index is 1.71. The van der Waals surface area contributed by atoms with Gasteiger partial charge < -0.3 is 4.90 Å². The Morgan fingerprint density at radius 1 is 1.00 bits per heavy atom. The van der Waals surface area contributed by atoms with Crippen molar-refractivity contribution in [1.29, 1.82) is 0 Å². The van der Waals surface area contributed by atoms with Gasteiger partial charge in [0.2, 0.25) is 15.9 Å². The summed E-state index contributed by atoms with van der Waals surface area (Å²) in [6.07, 6.45) is 1.69. The number of carbonyl (C=O) groups is 1. The molecule has 0 N–H and O–H groups in total. The predicted octanol–water partition coefficient (Wildman–Crippen LogP) is 3.76. The number of piperazine rings is 1. The summed E-state index contributed by atoms with van der Waals surface area (Å²) in [5.41, 5.74) is 1.01. The second kappa shape index (κ2) is 9.07. The van der Waals surface area contributed by atoms with E-state index in [4.69, 9.17) is 11.6 Å². The third kappa shape index (κ3) is 4.40. The van der Waals surface area contributed by atoms with E-state index in [1.807, 2.05) is 30.3 Å². The van der Waals surface area contributed by atoms with Gasteiger partial charge in [0.25, 0.3) is 0 Å². The summed E-state index contributed by atoms with van der Waals surface area (Å²) < 4.78 is 27.2. The molecule has 0 aliphatic carbocycles. The molecular formula is C21H25ClN2O3S. The van der Waals surface area contributed by atoms with Gasteiger partial charge in [-0.25, -0.2) is 8.42 Å². The summed E-state index contributed by atoms with van der Waals surface area (Å²) in [5, 5.41) is 0.216. The van der Waals surface area contributed by atoms with E-state index in [0.717, 1.165) is 18.4 Å². The fourth-order valence-corrected chi connectivity index (χ4v) is 5.48. The first-order valence-corrected chi connectivity index (χ1v) is 11.4. The molecule has 0 spiro atoms. The Morgan fingerprint density at radius 3 is 2.21 bits per heavy atom. The van der Waals surface area contributed by atoms with Crippen molar-refractivity contribution in [3.8, 4) is 0 Å². The summed E-state index contributed by atoms with van der Waals surface area (Å²) in [5.74, 6) is -0.110. The van der Waals surface area contributed by atoms with E-state index in [9.17, 15) is 13.2 Å². The number of rotatable bonds is 6. The van der Waals surface area contributed by atoms with E-state index >= 15 is 0 Å². The molecule has 1 saturated heterocycles. The first-order valence-electron chi connectivity index (χ1n) is 9.53. The molecule has 0 aromatic heterocycles. The van der Waals surface area contributed by atoms with Crippen LogP contribution in [0.1, 0.15) is 31.2 Å². The highest BCUT2D eigenvalue weighted by atomic mass is 35.5. The molecule has 3 rings (SSSR count). The Bertz CT molecular complexity index is 910. The summed E-state index contributed by atoms with van der Waals surface area (Å²) in [4.78, 5) is 15.0. The highest BCUT2D eigenvalue weighted by Gasteiger charge is 2.33. The van der Waals surface area contributed by atoms with Crippen molar-refractivity contribution >= 4 is 27.5 Å². The van der Waals surface area contributed by atoms with E-state index in [1.54, 1.807) is 23.1 Å². The molecule has 2 aromatic rings. The maximum atomic E-state index is 13.1. The van der Waals surface area contributed by atoms with E-state index in [0.29, 0.717) is 13.1 Å². The lowest BCUT2D eigenvalue weighted by Crippen LogP contribution is -2.51. The Morgan fingerprint density at radius 2 is 1.61 bits per heavy atom. The van der Waals surface area contributed by atoms with Crippen LogP contribution in [0.5, 0.6) is 0 Å². The molecule has 1 heterocycles. The zero-order valence-corrected chi connectivity index (χ0v) is 17.5. The van der Waals surface area contributed by atoms with Crippen molar-refractivity contribution in [3.05, 3.63) is 65.2 Å². The number of halogens is 1. The lowest BCUT2D eigenvalue weighted by molar-refractivity contribution is -0.134. The van der Waals surface area contributed by atoms with Gasteiger partial charge in [-0.15, -0.1) is 0 Å². The Kier molecular flexibility index (Phi) is 6.75. The van der Waals surface area contributed by atoms with Crippen LogP contribution in [-0.4, -0.2) is 49.7 Å². The quantitative estimate of drug-likeness (QED) is 0.714. The molecule has 0 saturated carbocycles. The van der Waals surface area contributed by atoms with Crippen molar-refractivity contribution in [2.75, 3.05) is 26.2 Å². The van der Waals surface area contributed by atoms with Gasteiger partial charge in [0.05, 0.1) is 10.9 Å². The van der Waals surface area contributed by atoms with Crippen molar-refractivity contribution in [1.82, 2.24) is 9.21 Å². The fraction of sp³-hybridized carbons (Fsp3) is 0.381. The van der Waals surface area contributed by atoms with E-state index in [-0.39, 0.29) is 34.8 Å². The number of hydrogen-bond acceptors (Lipinski definition) is 3. The van der Waals surface area contributed by atoms with Gasteiger partial charge >= 0.3 is 0 Å². The van der Waals surface area contributed by atoms with Crippen LogP contribution in [0.4, 0.5) is 0 Å². The predicted molar refractivity (Wildman–Crippen MR) is 111 cm³/mol. The fourth-order valence-electron chi connectivity index (χ4n) is 3.57. The lowest BCUT2D eigenvalue weighted by Gasteiger charge is -2.36. The molecule has 1 fully saturated rings. The molecule has 1 atom stereocenters. The number of nitrogens with zero attached hydrogens (tertiary/aromatic N) is 2. The van der Waals surface area contributed by atoms with Crippen LogP contribution in [0.3, 0.4) is 0 Å². The molecule has 1 aliphatic rings. The summed E-state index contributed by atoms with van der Waals surface area (Å²) in [7, 11) is -3.66. The van der Waals surface area contributed by atoms with Gasteiger partial charge in [-0.1, -0.05) is 67.4 Å². The van der Waals surface area contributed by atoms with Crippen LogP contribution >= 0.6 is 11.6 Å². The van der Waals surface area contributed by atoms with E-state index in [1.165, 1.54) is 10.4 Å². The number of hydrogen-bond donors (Lipinski definition) is 0. The summed E-state index contributed by atoms with van der Waals surface area (Å²) >= 11 is 6.08. The minimum absolute atomic E-state index is 0.0721. The number of benzene rings is 2. The van der Waals surface area contributed by atoms with Gasteiger partial charge in [0.15, 0.2) is 0 Å². The van der Waals surface area contributed by atoms with E-state index in [2.05, 4.69) is 6.92 Å². The molecule has 1 aliphatic heterocycles. The minimum Gasteiger partial charge on any atom is -0.340 e. The largest absolute Gasteiger partial charge is 0.340 e. The molecule has 28 heavy (non-hydrogen) atoms. The second-order valence-corrected chi connectivity index (χ2v) is 9.23. The molecule has 1 unspecified atom stereocenters. The molecule has 1 amide bonds. The Hall–Kier alpha value is -1.89.